The third-order valence-electron chi connectivity index (χ3n) is 6.30. The molecule has 0 heterocycles. The maximum absolute atomic E-state index is 13.1. The van der Waals surface area contributed by atoms with Crippen molar-refractivity contribution in [2.24, 2.45) is 5.92 Å². The van der Waals surface area contributed by atoms with Gasteiger partial charge in [0.25, 0.3) is 11.6 Å². The van der Waals surface area contributed by atoms with E-state index in [1.54, 1.807) is 0 Å². The number of carboxylic acid groups (broad SMARTS) is 1. The van der Waals surface area contributed by atoms with Gasteiger partial charge < -0.3 is 21.1 Å². The highest BCUT2D eigenvalue weighted by Crippen LogP contribution is 2.28. The number of nitro benzene ring substituents is 1. The maximum Gasteiger partial charge on any atom is 0.326 e. The normalized spacial score (nSPS) is 14.6. The van der Waals surface area contributed by atoms with Crippen LogP contribution >= 0.6 is 0 Å². The molecule has 10 heteroatoms. The lowest BCUT2D eigenvalue weighted by molar-refractivity contribution is -0.384. The molecule has 3 rings (SSSR count). The van der Waals surface area contributed by atoms with Crippen LogP contribution in [0.2, 0.25) is 0 Å². The molecule has 186 valence electrons. The molecule has 1 fully saturated rings. The van der Waals surface area contributed by atoms with E-state index in [1.807, 2.05) is 32.9 Å². The van der Waals surface area contributed by atoms with Crippen molar-refractivity contribution in [2.75, 3.05) is 10.6 Å². The monoisotopic (exact) mass is 482 g/mol. The summed E-state index contributed by atoms with van der Waals surface area (Å²) in [4.78, 5) is 48.4. The molecule has 1 atom stereocenters. The van der Waals surface area contributed by atoms with Gasteiger partial charge in [0.2, 0.25) is 0 Å². The highest BCUT2D eigenvalue weighted by molar-refractivity contribution is 6.08. The van der Waals surface area contributed by atoms with Crippen molar-refractivity contribution in [3.8, 4) is 0 Å². The Morgan fingerprint density at radius 3 is 2.20 bits per heavy atom. The predicted molar refractivity (Wildman–Crippen MR) is 132 cm³/mol. The number of hydrogen-bond donors (Lipinski definition) is 4. The zero-order chi connectivity index (χ0) is 25.7. The highest BCUT2D eigenvalue weighted by atomic mass is 16.6. The summed E-state index contributed by atoms with van der Waals surface area (Å²) in [6.45, 7) is 5.63. The number of carbonyl (C=O) groups is 3. The van der Waals surface area contributed by atoms with Crippen LogP contribution in [0.4, 0.5) is 21.9 Å². The highest BCUT2D eigenvalue weighted by Gasteiger charge is 2.32. The van der Waals surface area contributed by atoms with Gasteiger partial charge >= 0.3 is 12.0 Å². The summed E-state index contributed by atoms with van der Waals surface area (Å²) < 4.78 is 0. The zero-order valence-electron chi connectivity index (χ0n) is 20.0. The second kappa shape index (κ2) is 11.0. The van der Waals surface area contributed by atoms with Gasteiger partial charge in [0, 0.05) is 17.8 Å². The molecule has 1 unspecified atom stereocenters. The first-order valence-electron chi connectivity index (χ1n) is 11.5. The molecule has 35 heavy (non-hydrogen) atoms. The number of hydrogen-bond acceptors (Lipinski definition) is 5. The number of rotatable bonds is 7. The van der Waals surface area contributed by atoms with E-state index in [-0.39, 0.29) is 22.9 Å². The molecule has 0 spiro atoms. The Hall–Kier alpha value is -3.95. The van der Waals surface area contributed by atoms with Gasteiger partial charge in [-0.2, -0.15) is 0 Å². The second-order valence-corrected chi connectivity index (χ2v) is 9.03. The second-order valence-electron chi connectivity index (χ2n) is 9.03. The molecule has 1 aliphatic carbocycles. The van der Waals surface area contributed by atoms with Crippen LogP contribution in [0.1, 0.15) is 59.2 Å². The summed E-state index contributed by atoms with van der Waals surface area (Å²) in [6.07, 6.45) is 4.21. The summed E-state index contributed by atoms with van der Waals surface area (Å²) >= 11 is 0. The molecular formula is C25H30N4O6. The number of nitrogens with zero attached hydrogens (tertiary/aromatic N) is 1. The Balaban J connectivity index is 1.86. The standard InChI is InChI=1S/C25H30N4O6/c1-14-11-15(2)21(16(3)12-14)28-25(33)26-20-13-18(29(34)35)9-10-19(20)23(30)27-22(24(31)32)17-7-5-4-6-8-17/h9-13,17,22H,4-8H2,1-3H3,(H,27,30)(H,31,32)(H2,26,28,33). The maximum atomic E-state index is 13.1. The number of amides is 3. The number of aliphatic carboxylic acids is 1. The largest absolute Gasteiger partial charge is 0.480 e. The number of aryl methyl sites for hydroxylation is 3. The van der Waals surface area contributed by atoms with E-state index in [0.29, 0.717) is 18.5 Å². The zero-order valence-corrected chi connectivity index (χ0v) is 20.0. The fourth-order valence-corrected chi connectivity index (χ4v) is 4.66. The van der Waals surface area contributed by atoms with E-state index >= 15 is 0 Å². The van der Waals surface area contributed by atoms with E-state index in [1.165, 1.54) is 6.07 Å². The summed E-state index contributed by atoms with van der Waals surface area (Å²) in [6, 6.07) is 5.49. The van der Waals surface area contributed by atoms with Crippen LogP contribution in [0.25, 0.3) is 0 Å². The Bertz CT molecular complexity index is 1130. The van der Waals surface area contributed by atoms with E-state index in [0.717, 1.165) is 48.1 Å². The Morgan fingerprint density at radius 2 is 1.63 bits per heavy atom. The van der Waals surface area contributed by atoms with Gasteiger partial charge in [0.05, 0.1) is 16.2 Å². The van der Waals surface area contributed by atoms with Gasteiger partial charge in [0.15, 0.2) is 0 Å². The van der Waals surface area contributed by atoms with Crippen LogP contribution < -0.4 is 16.0 Å². The molecule has 2 aromatic rings. The lowest BCUT2D eigenvalue weighted by Crippen LogP contribution is -2.46. The number of nitro groups is 1. The average Bonchev–Trinajstić information content (AvgIpc) is 2.80. The van der Waals surface area contributed by atoms with Crippen LogP contribution in [0.5, 0.6) is 0 Å². The molecule has 3 amide bonds. The lowest BCUT2D eigenvalue weighted by Gasteiger charge is -2.28. The lowest BCUT2D eigenvalue weighted by atomic mass is 9.84. The molecule has 1 aliphatic rings. The van der Waals surface area contributed by atoms with Crippen molar-refractivity contribution >= 4 is 35.0 Å². The number of nitrogens with one attached hydrogen (secondary N) is 3. The minimum Gasteiger partial charge on any atom is -0.480 e. The van der Waals surface area contributed by atoms with Gasteiger partial charge in [-0.1, -0.05) is 37.0 Å². The van der Waals surface area contributed by atoms with Crippen molar-refractivity contribution in [1.82, 2.24) is 5.32 Å². The summed E-state index contributed by atoms with van der Waals surface area (Å²) in [7, 11) is 0. The Kier molecular flexibility index (Phi) is 8.06. The third kappa shape index (κ3) is 6.34. The molecule has 0 aromatic heterocycles. The van der Waals surface area contributed by atoms with Crippen LogP contribution in [-0.4, -0.2) is 34.0 Å². The average molecular weight is 483 g/mol. The van der Waals surface area contributed by atoms with Crippen molar-refractivity contribution in [2.45, 2.75) is 58.9 Å². The number of anilines is 2. The number of non-ortho nitro benzene ring substituents is 1. The number of carbonyl (C=O) groups excluding carboxylic acids is 2. The van der Waals surface area contributed by atoms with Gasteiger partial charge in [-0.3, -0.25) is 14.9 Å². The Labute approximate surface area is 203 Å². The molecule has 0 radical (unpaired) electrons. The van der Waals surface area contributed by atoms with E-state index in [9.17, 15) is 29.6 Å². The molecule has 0 aliphatic heterocycles. The van der Waals surface area contributed by atoms with E-state index in [2.05, 4.69) is 16.0 Å². The number of carboxylic acids is 1. The first-order valence-corrected chi connectivity index (χ1v) is 11.5. The predicted octanol–water partition coefficient (Wildman–Crippen LogP) is 4.93. The summed E-state index contributed by atoms with van der Waals surface area (Å²) in [5.41, 5.74) is 2.83. The van der Waals surface area contributed by atoms with Gasteiger partial charge in [-0.15, -0.1) is 0 Å². The molecule has 0 saturated heterocycles. The van der Waals surface area contributed by atoms with Gasteiger partial charge in [-0.25, -0.2) is 9.59 Å². The molecular weight excluding hydrogens is 452 g/mol. The summed E-state index contributed by atoms with van der Waals surface area (Å²) in [5, 5.41) is 28.8. The number of benzene rings is 2. The first kappa shape index (κ1) is 25.7. The van der Waals surface area contributed by atoms with Crippen LogP contribution in [-0.2, 0) is 4.79 Å². The topological polar surface area (TPSA) is 151 Å². The van der Waals surface area contributed by atoms with Crippen LogP contribution in [0.3, 0.4) is 0 Å². The van der Waals surface area contributed by atoms with E-state index < -0.39 is 28.9 Å². The smallest absolute Gasteiger partial charge is 0.326 e. The fraction of sp³-hybridized carbons (Fsp3) is 0.400. The van der Waals surface area contributed by atoms with Crippen LogP contribution in [0, 0.1) is 36.8 Å². The van der Waals surface area contributed by atoms with Gasteiger partial charge in [0.1, 0.15) is 6.04 Å². The molecule has 0 bridgehead atoms. The summed E-state index contributed by atoms with van der Waals surface area (Å²) in [5.74, 6) is -2.06. The Morgan fingerprint density at radius 1 is 1.00 bits per heavy atom. The van der Waals surface area contributed by atoms with Crippen molar-refractivity contribution in [1.29, 1.82) is 0 Å². The molecule has 4 N–H and O–H groups in total. The van der Waals surface area contributed by atoms with Gasteiger partial charge in [-0.05, 0) is 56.7 Å². The van der Waals surface area contributed by atoms with Crippen molar-refractivity contribution in [3.05, 3.63) is 62.7 Å². The van der Waals surface area contributed by atoms with Crippen molar-refractivity contribution in [3.63, 3.8) is 0 Å². The molecule has 2 aromatic carbocycles. The molecule has 1 saturated carbocycles. The third-order valence-corrected chi connectivity index (χ3v) is 6.30. The first-order chi connectivity index (χ1) is 16.6. The van der Waals surface area contributed by atoms with Crippen LogP contribution in [0.15, 0.2) is 30.3 Å². The minimum atomic E-state index is -1.13. The molecule has 10 nitrogen and oxygen atoms in total. The quantitative estimate of drug-likeness (QED) is 0.325. The number of urea groups is 1. The van der Waals surface area contributed by atoms with Crippen molar-refractivity contribution < 1.29 is 24.4 Å². The SMILES string of the molecule is Cc1cc(C)c(NC(=O)Nc2cc([N+](=O)[O-])ccc2C(=O)NC(C(=O)O)C2CCCCC2)c(C)c1. The fourth-order valence-electron chi connectivity index (χ4n) is 4.66. The van der Waals surface area contributed by atoms with E-state index in [4.69, 9.17) is 0 Å². The minimum absolute atomic E-state index is 0.0647.